The van der Waals surface area contributed by atoms with E-state index in [1.54, 1.807) is 0 Å². The van der Waals surface area contributed by atoms with E-state index in [4.69, 9.17) is 0 Å². The average Bonchev–Trinajstić information content (AvgIpc) is 3.09. The summed E-state index contributed by atoms with van der Waals surface area (Å²) in [6.45, 7) is 11.4. The summed E-state index contributed by atoms with van der Waals surface area (Å²) < 4.78 is 0. The first-order valence-electron chi connectivity index (χ1n) is 11.4. The van der Waals surface area contributed by atoms with Crippen molar-refractivity contribution in [3.05, 3.63) is 57.4 Å². The van der Waals surface area contributed by atoms with E-state index in [2.05, 4.69) is 35.9 Å². The van der Waals surface area contributed by atoms with Crippen molar-refractivity contribution in [2.75, 3.05) is 13.1 Å². The van der Waals surface area contributed by atoms with Crippen LogP contribution in [0.2, 0.25) is 0 Å². The smallest absolute Gasteiger partial charge is 0.264 e. The molecule has 1 fully saturated rings. The second-order valence-electron chi connectivity index (χ2n) is 9.32. The van der Waals surface area contributed by atoms with E-state index in [0.717, 1.165) is 44.2 Å². The number of nitrogens with zero attached hydrogens (tertiary/aromatic N) is 3. The number of hydrogen-bond donors (Lipinski definition) is 0. The fraction of sp³-hybridized carbons (Fsp3) is 0.462. The molecule has 1 aliphatic heterocycles. The fourth-order valence-electron chi connectivity index (χ4n) is 4.68. The van der Waals surface area contributed by atoms with Crippen LogP contribution in [0, 0.1) is 32.6 Å². The molecule has 0 radical (unpaired) electrons. The largest absolute Gasteiger partial charge is 0.338 e. The van der Waals surface area contributed by atoms with Crippen molar-refractivity contribution in [2.24, 2.45) is 11.8 Å². The summed E-state index contributed by atoms with van der Waals surface area (Å²) in [6, 6.07) is 8.07. The summed E-state index contributed by atoms with van der Waals surface area (Å²) in [5.41, 5.74) is 3.94. The van der Waals surface area contributed by atoms with Gasteiger partial charge in [-0.3, -0.25) is 9.59 Å². The van der Waals surface area contributed by atoms with Crippen LogP contribution in [0.3, 0.4) is 0 Å². The average molecular weight is 450 g/mol. The molecule has 2 aromatic heterocycles. The molecule has 1 amide bonds. The van der Waals surface area contributed by atoms with Crippen LogP contribution in [0.5, 0.6) is 0 Å². The fourth-order valence-corrected chi connectivity index (χ4v) is 5.92. The standard InChI is InChI=1S/C26H31N3O2S/c1-15(2)14-19-6-8-20(9-7-19)23(30)21-10-12-29(13-11-21)26(31)24-16(3)22-17(4)27-18(5)28-25(22)32-24/h6-9,15,21H,10-14H2,1-5H3. The third-order valence-corrected chi connectivity index (χ3v) is 7.49. The molecule has 168 valence electrons. The molecule has 1 aromatic carbocycles. The number of benzene rings is 1. The molecule has 32 heavy (non-hydrogen) atoms. The first-order chi connectivity index (χ1) is 15.2. The SMILES string of the molecule is Cc1nc(C)c2c(C)c(C(=O)N3CCC(C(=O)c4ccc(CC(C)C)cc4)CC3)sc2n1. The quantitative estimate of drug-likeness (QED) is 0.479. The second-order valence-corrected chi connectivity index (χ2v) is 10.3. The lowest BCUT2D eigenvalue weighted by molar-refractivity contribution is 0.0654. The number of rotatable bonds is 5. The number of fused-ring (bicyclic) bond motifs is 1. The molecule has 4 rings (SSSR count). The molecular weight excluding hydrogens is 418 g/mol. The Morgan fingerprint density at radius 3 is 2.34 bits per heavy atom. The molecule has 0 atom stereocenters. The van der Waals surface area contributed by atoms with Crippen LogP contribution in [-0.2, 0) is 6.42 Å². The Bertz CT molecular complexity index is 1160. The molecule has 0 N–H and O–H groups in total. The van der Waals surface area contributed by atoms with Gasteiger partial charge in [-0.05, 0) is 57.1 Å². The van der Waals surface area contributed by atoms with Gasteiger partial charge >= 0.3 is 0 Å². The number of hydrogen-bond acceptors (Lipinski definition) is 5. The zero-order valence-corrected chi connectivity index (χ0v) is 20.4. The highest BCUT2D eigenvalue weighted by Crippen LogP contribution is 2.33. The highest BCUT2D eigenvalue weighted by molar-refractivity contribution is 7.20. The first kappa shape index (κ1) is 22.6. The molecule has 6 heteroatoms. The van der Waals surface area contributed by atoms with Crippen LogP contribution in [0.4, 0.5) is 0 Å². The summed E-state index contributed by atoms with van der Waals surface area (Å²) in [7, 11) is 0. The van der Waals surface area contributed by atoms with Crippen molar-refractivity contribution in [3.8, 4) is 0 Å². The zero-order valence-electron chi connectivity index (χ0n) is 19.6. The number of amides is 1. The number of Topliss-reactive ketones (excluding diaryl/α,β-unsaturated/α-hetero) is 1. The van der Waals surface area contributed by atoms with Gasteiger partial charge in [0, 0.05) is 35.7 Å². The maximum atomic E-state index is 13.3. The van der Waals surface area contributed by atoms with Crippen molar-refractivity contribution in [2.45, 2.75) is 53.9 Å². The molecule has 1 aliphatic rings. The Labute approximate surface area is 193 Å². The lowest BCUT2D eigenvalue weighted by atomic mass is 9.88. The van der Waals surface area contributed by atoms with Gasteiger partial charge in [-0.2, -0.15) is 0 Å². The van der Waals surface area contributed by atoms with Crippen LogP contribution in [0.1, 0.15) is 69.4 Å². The summed E-state index contributed by atoms with van der Waals surface area (Å²) >= 11 is 1.45. The maximum absolute atomic E-state index is 13.3. The topological polar surface area (TPSA) is 63.2 Å². The maximum Gasteiger partial charge on any atom is 0.264 e. The van der Waals surface area contributed by atoms with Gasteiger partial charge in [0.05, 0.1) is 4.88 Å². The summed E-state index contributed by atoms with van der Waals surface area (Å²) in [4.78, 5) is 38.8. The van der Waals surface area contributed by atoms with E-state index < -0.39 is 0 Å². The third kappa shape index (κ3) is 4.46. The Balaban J connectivity index is 1.43. The van der Waals surface area contributed by atoms with E-state index >= 15 is 0 Å². The van der Waals surface area contributed by atoms with Gasteiger partial charge in [0.25, 0.3) is 5.91 Å². The molecule has 5 nitrogen and oxygen atoms in total. The minimum atomic E-state index is -0.0192. The predicted octanol–water partition coefficient (Wildman–Crippen LogP) is 5.55. The normalized spacial score (nSPS) is 15.0. The first-order valence-corrected chi connectivity index (χ1v) is 12.2. The van der Waals surface area contributed by atoms with E-state index in [0.29, 0.717) is 31.8 Å². The van der Waals surface area contributed by atoms with Gasteiger partial charge in [0.1, 0.15) is 10.7 Å². The molecular formula is C26H31N3O2S. The van der Waals surface area contributed by atoms with E-state index in [1.807, 2.05) is 37.8 Å². The number of aryl methyl sites for hydroxylation is 3. The van der Waals surface area contributed by atoms with Crippen molar-refractivity contribution in [1.29, 1.82) is 0 Å². The molecule has 3 heterocycles. The number of carbonyl (C=O) groups excluding carboxylic acids is 2. The lowest BCUT2D eigenvalue weighted by Crippen LogP contribution is -2.40. The molecule has 0 aliphatic carbocycles. The number of ketones is 1. The third-order valence-electron chi connectivity index (χ3n) is 6.31. The van der Waals surface area contributed by atoms with Gasteiger partial charge in [0.15, 0.2) is 5.78 Å². The summed E-state index contributed by atoms with van der Waals surface area (Å²) in [6.07, 6.45) is 2.44. The monoisotopic (exact) mass is 449 g/mol. The summed E-state index contributed by atoms with van der Waals surface area (Å²) in [5, 5.41) is 0.995. The highest BCUT2D eigenvalue weighted by Gasteiger charge is 2.30. The van der Waals surface area contributed by atoms with E-state index in [1.165, 1.54) is 16.9 Å². The van der Waals surface area contributed by atoms with Gasteiger partial charge in [-0.25, -0.2) is 9.97 Å². The van der Waals surface area contributed by atoms with Crippen LogP contribution in [-0.4, -0.2) is 39.6 Å². The number of piperidine rings is 1. The molecule has 0 saturated carbocycles. The van der Waals surface area contributed by atoms with E-state index in [9.17, 15) is 9.59 Å². The highest BCUT2D eigenvalue weighted by atomic mass is 32.1. The molecule has 0 unspecified atom stereocenters. The number of thiophene rings is 1. The van der Waals surface area contributed by atoms with Gasteiger partial charge in [0.2, 0.25) is 0 Å². The Morgan fingerprint density at radius 2 is 1.72 bits per heavy atom. The zero-order chi connectivity index (χ0) is 23.0. The number of likely N-dealkylation sites (tertiary alicyclic amines) is 1. The van der Waals surface area contributed by atoms with Crippen molar-refractivity contribution >= 4 is 33.2 Å². The van der Waals surface area contributed by atoms with Gasteiger partial charge in [-0.1, -0.05) is 38.1 Å². The minimum Gasteiger partial charge on any atom is -0.338 e. The lowest BCUT2D eigenvalue weighted by Gasteiger charge is -2.31. The number of aromatic nitrogens is 2. The molecule has 0 bridgehead atoms. The van der Waals surface area contributed by atoms with Crippen molar-refractivity contribution in [3.63, 3.8) is 0 Å². The summed E-state index contributed by atoms with van der Waals surface area (Å²) in [5.74, 6) is 1.56. The Hall–Kier alpha value is -2.60. The minimum absolute atomic E-state index is 0.0192. The van der Waals surface area contributed by atoms with Gasteiger partial charge in [-0.15, -0.1) is 11.3 Å². The van der Waals surface area contributed by atoms with Crippen molar-refractivity contribution < 1.29 is 9.59 Å². The molecule has 0 spiro atoms. The van der Waals surface area contributed by atoms with Crippen LogP contribution in [0.15, 0.2) is 24.3 Å². The van der Waals surface area contributed by atoms with Crippen LogP contribution < -0.4 is 0 Å². The van der Waals surface area contributed by atoms with E-state index in [-0.39, 0.29) is 17.6 Å². The van der Waals surface area contributed by atoms with Crippen LogP contribution >= 0.6 is 11.3 Å². The number of carbonyl (C=O) groups is 2. The van der Waals surface area contributed by atoms with Crippen LogP contribution in [0.25, 0.3) is 10.2 Å². The molecule has 3 aromatic rings. The Morgan fingerprint density at radius 1 is 1.06 bits per heavy atom. The molecule has 1 saturated heterocycles. The Kier molecular flexibility index (Phi) is 6.42. The van der Waals surface area contributed by atoms with Gasteiger partial charge < -0.3 is 4.90 Å². The second kappa shape index (κ2) is 9.10. The van der Waals surface area contributed by atoms with Crippen molar-refractivity contribution in [1.82, 2.24) is 14.9 Å². The predicted molar refractivity (Wildman–Crippen MR) is 130 cm³/mol.